The van der Waals surface area contributed by atoms with Crippen molar-refractivity contribution < 1.29 is 22.3 Å². The van der Waals surface area contributed by atoms with Crippen LogP contribution in [0.2, 0.25) is 0 Å². The molecule has 0 aliphatic rings. The quantitative estimate of drug-likeness (QED) is 0.324. The maximum atomic E-state index is 10.2. The summed E-state index contributed by atoms with van der Waals surface area (Å²) in [5, 5.41) is 10.5. The number of alkyl halides is 1. The summed E-state index contributed by atoms with van der Waals surface area (Å²) in [6.45, 7) is 0.802. The van der Waals surface area contributed by atoms with Gasteiger partial charge in [0.1, 0.15) is 0 Å². The van der Waals surface area contributed by atoms with E-state index >= 15 is 0 Å². The van der Waals surface area contributed by atoms with Crippen molar-refractivity contribution in [3.63, 3.8) is 0 Å². The van der Waals surface area contributed by atoms with Gasteiger partial charge in [-0.3, -0.25) is 0 Å². The van der Waals surface area contributed by atoms with E-state index in [2.05, 4.69) is 18.6 Å². The van der Waals surface area contributed by atoms with E-state index in [-0.39, 0.29) is 0 Å². The zero-order valence-electron chi connectivity index (χ0n) is 4.08. The fourth-order valence-corrected chi connectivity index (χ4v) is 2.50. The topological polar surface area (TPSA) is 27.5 Å². The molecule has 0 bridgehead atoms. The van der Waals surface area contributed by atoms with E-state index in [0.29, 0.717) is 22.3 Å². The van der Waals surface area contributed by atoms with Gasteiger partial charge < -0.3 is 0 Å². The van der Waals surface area contributed by atoms with Crippen LogP contribution in [0.5, 0.6) is 0 Å². The maximum absolute atomic E-state index is 10.2. The number of hydroxylamine groups is 2. The summed E-state index contributed by atoms with van der Waals surface area (Å²) in [4.78, 5) is 0. The molecule has 0 saturated heterocycles. The van der Waals surface area contributed by atoms with Crippen molar-refractivity contribution in [1.82, 2.24) is 0 Å². The molecule has 1 N–H and O–H groups in total. The van der Waals surface area contributed by atoms with Crippen LogP contribution in [-0.4, -0.2) is 18.0 Å². The molecule has 2 nitrogen and oxygen atoms in total. The fourth-order valence-electron chi connectivity index (χ4n) is 0.169. The molecule has 0 spiro atoms. The number of rotatable bonds is 3. The van der Waals surface area contributed by atoms with E-state index in [1.807, 2.05) is 0 Å². The molecular weight excluding hydrogens is 320 g/mol. The van der Waals surface area contributed by atoms with Crippen molar-refractivity contribution in [2.45, 2.75) is 0 Å². The van der Waals surface area contributed by atoms with E-state index < -0.39 is 0 Å². The molecule has 0 fully saturated rings. The second-order valence-corrected chi connectivity index (χ2v) is 6.77. The third kappa shape index (κ3) is 7.38. The molecule has 0 aromatic heterocycles. The molecule has 1 unspecified atom stereocenters. The van der Waals surface area contributed by atoms with Crippen molar-refractivity contribution in [3.05, 3.63) is 5.21 Å². The first-order valence-electron chi connectivity index (χ1n) is 1.97. The van der Waals surface area contributed by atoms with Crippen molar-refractivity contribution in [2.75, 3.05) is 18.0 Å². The molecule has 0 rings (SSSR count). The summed E-state index contributed by atoms with van der Waals surface area (Å²) in [5.74, 6) is 0. The molecule has 0 aromatic carbocycles. The Hall–Kier alpha value is 1.38. The Bertz CT molecular complexity index is 41.9. The number of nitrogens with one attached hydrogen (secondary N) is 1. The first kappa shape index (κ1) is 8.38. The van der Waals surface area contributed by atoms with Gasteiger partial charge in [0.15, 0.2) is 0 Å². The summed E-state index contributed by atoms with van der Waals surface area (Å²) in [5.41, 5.74) is 0. The Kier molecular flexibility index (Phi) is 6.60. The fraction of sp³-hybridized carbons (Fsp3) is 1.00. The molecule has 0 radical (unpaired) electrons. The first-order valence-corrected chi connectivity index (χ1v) is 9.78. The third-order valence-electron chi connectivity index (χ3n) is 0.518. The van der Waals surface area contributed by atoms with E-state index in [0.717, 1.165) is 11.0 Å². The minimum atomic E-state index is 0.323. The van der Waals surface area contributed by atoms with Crippen LogP contribution in [0.4, 0.5) is 0 Å². The number of hydrogen-bond donors (Lipinski definition) is 1. The van der Waals surface area contributed by atoms with Gasteiger partial charge in [-0.05, 0) is 0 Å². The van der Waals surface area contributed by atoms with Gasteiger partial charge in [-0.15, -0.1) is 0 Å². The summed E-state index contributed by atoms with van der Waals surface area (Å²) in [7, 11) is 1.65. The van der Waals surface area contributed by atoms with Gasteiger partial charge >= 0.3 is 64.1 Å². The van der Waals surface area contributed by atoms with E-state index in [1.165, 1.54) is 0 Å². The molecule has 0 aliphatic heterocycles. The van der Waals surface area contributed by atoms with Gasteiger partial charge in [0.25, 0.3) is 0 Å². The Morgan fingerprint density at radius 1 is 1.86 bits per heavy atom. The Labute approximate surface area is 63.7 Å². The molecule has 0 saturated carbocycles. The molecule has 0 amide bonds. The average Bonchev–Trinajstić information content (AvgIpc) is 1.61. The molecule has 0 heterocycles. The first-order chi connectivity index (χ1) is 3.27. The molecule has 7 heavy (non-hydrogen) atoms. The normalized spacial score (nSPS) is 14.7. The Morgan fingerprint density at radius 2 is 2.43 bits per heavy atom. The molecule has 1 atom stereocenters. The van der Waals surface area contributed by atoms with Gasteiger partial charge in [0.2, 0.25) is 0 Å². The van der Waals surface area contributed by atoms with Crippen LogP contribution < -0.4 is 22.3 Å². The predicted octanol–water partition coefficient (Wildman–Crippen LogP) is -3.56. The number of halogens is 2. The van der Waals surface area contributed by atoms with Crippen molar-refractivity contribution in [2.24, 2.45) is 0 Å². The molecule has 4 heteroatoms. The van der Waals surface area contributed by atoms with Gasteiger partial charge in [0.05, 0.1) is 0 Å². The van der Waals surface area contributed by atoms with Gasteiger partial charge in [-0.2, -0.15) is 0 Å². The number of quaternary nitrogens is 1. The molecule has 0 aliphatic carbocycles. The Balaban J connectivity index is 2.68. The minimum absolute atomic E-state index is 0.323. The second kappa shape index (κ2) is 5.52. The van der Waals surface area contributed by atoms with Gasteiger partial charge in [0, 0.05) is 0 Å². The van der Waals surface area contributed by atoms with Crippen LogP contribution in [0.25, 0.3) is 0 Å². The average molecular weight is 328 g/mol. The predicted molar refractivity (Wildman–Crippen MR) is 34.0 cm³/mol. The summed E-state index contributed by atoms with van der Waals surface area (Å²) in [6, 6.07) is 0. The standard InChI is InChI=1S/C3H8I2NO/c1-6(7)3-2-5-4/h6H,2-3H2,1H3/q-1. The zero-order chi connectivity index (χ0) is 5.70. The SMILES string of the molecule is C[NH+]([O-])CC[I-]I. The summed E-state index contributed by atoms with van der Waals surface area (Å²) >= 11 is 2.70. The second-order valence-electron chi connectivity index (χ2n) is 1.24. The van der Waals surface area contributed by atoms with Crippen LogP contribution in [0.15, 0.2) is 0 Å². The van der Waals surface area contributed by atoms with Crippen LogP contribution in [0.3, 0.4) is 0 Å². The van der Waals surface area contributed by atoms with Gasteiger partial charge in [-0.1, -0.05) is 0 Å². The monoisotopic (exact) mass is 328 g/mol. The zero-order valence-corrected chi connectivity index (χ0v) is 8.39. The van der Waals surface area contributed by atoms with Crippen LogP contribution >= 0.6 is 18.6 Å². The van der Waals surface area contributed by atoms with E-state index in [9.17, 15) is 5.21 Å². The molecule has 46 valence electrons. The van der Waals surface area contributed by atoms with E-state index in [1.54, 1.807) is 7.05 Å². The summed E-state index contributed by atoms with van der Waals surface area (Å²) in [6.07, 6.45) is 0. The van der Waals surface area contributed by atoms with Gasteiger partial charge in [-0.25, -0.2) is 0 Å². The Morgan fingerprint density at radius 3 is 2.57 bits per heavy atom. The third-order valence-corrected chi connectivity index (χ3v) is 4.20. The molecule has 0 aromatic rings. The van der Waals surface area contributed by atoms with Crippen molar-refractivity contribution in [1.29, 1.82) is 0 Å². The van der Waals surface area contributed by atoms with E-state index in [4.69, 9.17) is 0 Å². The summed E-state index contributed by atoms with van der Waals surface area (Å²) < 4.78 is 1.15. The van der Waals surface area contributed by atoms with Crippen LogP contribution in [0, 0.1) is 5.21 Å². The number of hydrogen-bond acceptors (Lipinski definition) is 1. The molecular formula is C3H8I2NO-. The van der Waals surface area contributed by atoms with Crippen LogP contribution in [0.1, 0.15) is 0 Å². The van der Waals surface area contributed by atoms with Crippen molar-refractivity contribution >= 4 is 18.6 Å². The van der Waals surface area contributed by atoms with Crippen molar-refractivity contribution in [3.8, 4) is 0 Å². The van der Waals surface area contributed by atoms with Crippen LogP contribution in [-0.2, 0) is 0 Å².